The van der Waals surface area contributed by atoms with Crippen LogP contribution in [-0.4, -0.2) is 18.0 Å². The zero-order valence-corrected chi connectivity index (χ0v) is 15.5. The second-order valence-electron chi connectivity index (χ2n) is 6.06. The summed E-state index contributed by atoms with van der Waals surface area (Å²) in [7, 11) is 0. The maximum Gasteiger partial charge on any atom is 0.349 e. The summed E-state index contributed by atoms with van der Waals surface area (Å²) in [5, 5.41) is 3.02. The summed E-state index contributed by atoms with van der Waals surface area (Å²) < 4.78 is 32.7. The second-order valence-corrected chi connectivity index (χ2v) is 7.11. The Morgan fingerprint density at radius 1 is 1.15 bits per heavy atom. The smallest absolute Gasteiger partial charge is 0.349 e. The van der Waals surface area contributed by atoms with Gasteiger partial charge in [-0.2, -0.15) is 0 Å². The molecule has 0 fully saturated rings. The van der Waals surface area contributed by atoms with Gasteiger partial charge in [0, 0.05) is 16.6 Å². The van der Waals surface area contributed by atoms with E-state index in [9.17, 15) is 18.4 Å². The molecule has 1 amide bonds. The Bertz CT molecular complexity index is 998. The molecule has 2 aromatic carbocycles. The van der Waals surface area contributed by atoms with Gasteiger partial charge in [0.25, 0.3) is 5.91 Å². The molecule has 0 bridgehead atoms. The first-order chi connectivity index (χ1) is 12.9. The van der Waals surface area contributed by atoms with E-state index in [1.54, 1.807) is 31.2 Å². The van der Waals surface area contributed by atoms with Gasteiger partial charge in [-0.05, 0) is 49.2 Å². The molecule has 140 valence electrons. The third-order valence-electron chi connectivity index (χ3n) is 4.12. The minimum Gasteiger partial charge on any atom is -0.448 e. The molecule has 3 rings (SSSR count). The molecule has 3 aromatic rings. The van der Waals surface area contributed by atoms with Gasteiger partial charge in [-0.15, -0.1) is 11.3 Å². The highest BCUT2D eigenvalue weighted by atomic mass is 32.1. The lowest BCUT2D eigenvalue weighted by molar-refractivity contribution is -0.129. The number of benzene rings is 2. The zero-order valence-electron chi connectivity index (χ0n) is 14.7. The summed E-state index contributed by atoms with van der Waals surface area (Å²) >= 11 is 1.13. The first-order valence-electron chi connectivity index (χ1n) is 8.27. The highest BCUT2D eigenvalue weighted by Gasteiger charge is 2.23. The Kier molecular flexibility index (Phi) is 5.51. The van der Waals surface area contributed by atoms with Crippen molar-refractivity contribution in [3.63, 3.8) is 0 Å². The number of rotatable bonds is 5. The van der Waals surface area contributed by atoms with Gasteiger partial charge < -0.3 is 10.1 Å². The first kappa shape index (κ1) is 19.0. The fourth-order valence-electron chi connectivity index (χ4n) is 2.65. The molecule has 0 aliphatic carbocycles. The van der Waals surface area contributed by atoms with Gasteiger partial charge in [-0.3, -0.25) is 4.79 Å². The average molecular weight is 389 g/mol. The monoisotopic (exact) mass is 389 g/mol. The molecule has 0 unspecified atom stereocenters. The van der Waals surface area contributed by atoms with Crippen molar-refractivity contribution >= 4 is 33.3 Å². The highest BCUT2D eigenvalue weighted by Crippen LogP contribution is 2.33. The molecule has 0 aliphatic rings. The Hall–Kier alpha value is -2.80. The van der Waals surface area contributed by atoms with Gasteiger partial charge in [-0.25, -0.2) is 13.6 Å². The van der Waals surface area contributed by atoms with E-state index in [1.807, 2.05) is 0 Å². The van der Waals surface area contributed by atoms with Crippen molar-refractivity contribution < 1.29 is 23.1 Å². The van der Waals surface area contributed by atoms with Crippen LogP contribution in [0.2, 0.25) is 0 Å². The summed E-state index contributed by atoms with van der Waals surface area (Å²) in [5.41, 5.74) is 1.22. The average Bonchev–Trinajstić information content (AvgIpc) is 2.99. The minimum absolute atomic E-state index is 0.189. The molecule has 0 spiro atoms. The van der Waals surface area contributed by atoms with E-state index < -0.39 is 23.8 Å². The van der Waals surface area contributed by atoms with Gasteiger partial charge in [-0.1, -0.05) is 18.2 Å². The van der Waals surface area contributed by atoms with E-state index in [0.29, 0.717) is 15.6 Å². The first-order valence-corrected chi connectivity index (χ1v) is 9.09. The number of aryl methyl sites for hydroxylation is 1. The molecule has 7 heteroatoms. The summed E-state index contributed by atoms with van der Waals surface area (Å²) in [5.74, 6) is -1.90. The summed E-state index contributed by atoms with van der Waals surface area (Å²) in [6.07, 6.45) is -1.02. The lowest BCUT2D eigenvalue weighted by atomic mass is 10.1. The standard InChI is InChI=1S/C20H17F2NO3S/c1-11-17-15(22)4-3-5-16(17)27-18(11)20(25)26-12(2)19(24)23-10-13-6-8-14(21)9-7-13/h3-9,12H,10H2,1-2H3,(H,23,24)/t12-/m0/s1. The van der Waals surface area contributed by atoms with Crippen molar-refractivity contribution in [1.29, 1.82) is 0 Å². The van der Waals surface area contributed by atoms with Crippen LogP contribution in [0.3, 0.4) is 0 Å². The summed E-state index contributed by atoms with van der Waals surface area (Å²) in [6.45, 7) is 3.30. The number of amides is 1. The quantitative estimate of drug-likeness (QED) is 0.660. The van der Waals surface area contributed by atoms with Crippen molar-refractivity contribution in [2.75, 3.05) is 0 Å². The summed E-state index contributed by atoms with van der Waals surface area (Å²) in [6, 6.07) is 10.4. The predicted molar refractivity (Wildman–Crippen MR) is 99.6 cm³/mol. The van der Waals surface area contributed by atoms with Crippen molar-refractivity contribution in [1.82, 2.24) is 5.32 Å². The minimum atomic E-state index is -1.02. The zero-order chi connectivity index (χ0) is 19.6. The lowest BCUT2D eigenvalue weighted by Crippen LogP contribution is -2.35. The second kappa shape index (κ2) is 7.84. The number of carbonyl (C=O) groups excluding carboxylic acids is 2. The Balaban J connectivity index is 1.65. The van der Waals surface area contributed by atoms with E-state index in [0.717, 1.165) is 16.9 Å². The van der Waals surface area contributed by atoms with Gasteiger partial charge in [0.15, 0.2) is 6.10 Å². The van der Waals surface area contributed by atoms with Gasteiger partial charge in [0.05, 0.1) is 0 Å². The lowest BCUT2D eigenvalue weighted by Gasteiger charge is -2.13. The molecule has 1 atom stereocenters. The number of hydrogen-bond donors (Lipinski definition) is 1. The van der Waals surface area contributed by atoms with Gasteiger partial charge in [0.2, 0.25) is 0 Å². The number of fused-ring (bicyclic) bond motifs is 1. The Morgan fingerprint density at radius 3 is 2.52 bits per heavy atom. The Morgan fingerprint density at radius 2 is 1.85 bits per heavy atom. The Labute approximate surface area is 158 Å². The van der Waals surface area contributed by atoms with E-state index in [-0.39, 0.29) is 17.2 Å². The predicted octanol–water partition coefficient (Wildman–Crippen LogP) is 4.35. The largest absolute Gasteiger partial charge is 0.448 e. The number of thiophene rings is 1. The van der Waals surface area contributed by atoms with Crippen molar-refractivity contribution in [3.05, 3.63) is 70.1 Å². The molecule has 27 heavy (non-hydrogen) atoms. The normalized spacial score (nSPS) is 12.0. The van der Waals surface area contributed by atoms with Crippen LogP contribution in [0.1, 0.15) is 27.7 Å². The highest BCUT2D eigenvalue weighted by molar-refractivity contribution is 7.21. The molecule has 1 heterocycles. The molecular formula is C20H17F2NO3S. The topological polar surface area (TPSA) is 55.4 Å². The molecule has 0 saturated heterocycles. The molecule has 0 aliphatic heterocycles. The number of nitrogens with one attached hydrogen (secondary N) is 1. The fourth-order valence-corrected chi connectivity index (χ4v) is 3.76. The molecule has 0 saturated carbocycles. The van der Waals surface area contributed by atoms with Crippen LogP contribution in [0, 0.1) is 18.6 Å². The fraction of sp³-hybridized carbons (Fsp3) is 0.200. The van der Waals surface area contributed by atoms with Crippen LogP contribution in [0.4, 0.5) is 8.78 Å². The van der Waals surface area contributed by atoms with Crippen molar-refractivity contribution in [3.8, 4) is 0 Å². The maximum absolute atomic E-state index is 14.0. The van der Waals surface area contributed by atoms with E-state index >= 15 is 0 Å². The summed E-state index contributed by atoms with van der Waals surface area (Å²) in [4.78, 5) is 24.8. The van der Waals surface area contributed by atoms with Gasteiger partial charge >= 0.3 is 5.97 Å². The number of ether oxygens (including phenoxy) is 1. The van der Waals surface area contributed by atoms with Crippen LogP contribution in [0.5, 0.6) is 0 Å². The van der Waals surface area contributed by atoms with Crippen LogP contribution >= 0.6 is 11.3 Å². The van der Waals surface area contributed by atoms with Crippen LogP contribution in [0.15, 0.2) is 42.5 Å². The number of esters is 1. The van der Waals surface area contributed by atoms with Gasteiger partial charge in [0.1, 0.15) is 16.5 Å². The van der Waals surface area contributed by atoms with Crippen molar-refractivity contribution in [2.45, 2.75) is 26.5 Å². The SMILES string of the molecule is Cc1c(C(=O)O[C@@H](C)C(=O)NCc2ccc(F)cc2)sc2cccc(F)c12. The van der Waals surface area contributed by atoms with Crippen molar-refractivity contribution in [2.24, 2.45) is 0 Å². The molecular weight excluding hydrogens is 372 g/mol. The number of halogens is 2. The van der Waals surface area contributed by atoms with E-state index in [1.165, 1.54) is 25.1 Å². The number of carbonyl (C=O) groups is 2. The van der Waals surface area contributed by atoms with Crippen LogP contribution < -0.4 is 5.32 Å². The molecule has 1 N–H and O–H groups in total. The third-order valence-corrected chi connectivity index (χ3v) is 5.36. The maximum atomic E-state index is 14.0. The van der Waals surface area contributed by atoms with Crippen LogP contribution in [0.25, 0.3) is 10.1 Å². The van der Waals surface area contributed by atoms with E-state index in [2.05, 4.69) is 5.32 Å². The van der Waals surface area contributed by atoms with E-state index in [4.69, 9.17) is 4.74 Å². The number of hydrogen-bond acceptors (Lipinski definition) is 4. The van der Waals surface area contributed by atoms with Crippen LogP contribution in [-0.2, 0) is 16.1 Å². The molecule has 1 aromatic heterocycles. The third kappa shape index (κ3) is 4.14. The molecule has 4 nitrogen and oxygen atoms in total. The molecule has 0 radical (unpaired) electrons.